The fourth-order valence-corrected chi connectivity index (χ4v) is 2.40. The summed E-state index contributed by atoms with van der Waals surface area (Å²) in [5, 5.41) is 0. The Morgan fingerprint density at radius 3 is 1.89 bits per heavy atom. The molecule has 1 rings (SSSR count). The smallest absolute Gasteiger partial charge is 0.329 e. The van der Waals surface area contributed by atoms with Gasteiger partial charge in [-0.2, -0.15) is 0 Å². The summed E-state index contributed by atoms with van der Waals surface area (Å²) >= 11 is 0. The molecular formula is C13H20F2O4. The highest BCUT2D eigenvalue weighted by atomic mass is 19.3. The summed E-state index contributed by atoms with van der Waals surface area (Å²) in [6, 6.07) is 0. The van der Waals surface area contributed by atoms with Gasteiger partial charge in [0, 0.05) is 6.42 Å². The second kappa shape index (κ2) is 6.30. The lowest BCUT2D eigenvalue weighted by atomic mass is 9.77. The van der Waals surface area contributed by atoms with E-state index in [1.807, 2.05) is 0 Å². The standard InChI is InChI=1S/C13H20F2O4/c1-3-18-10(16)12(11(17)19-4-2)8-6-5-7-9-13(12,14)15/h3-9H2,1-2H3. The molecule has 0 atom stereocenters. The number of esters is 2. The van der Waals surface area contributed by atoms with E-state index in [4.69, 9.17) is 9.47 Å². The monoisotopic (exact) mass is 278 g/mol. The van der Waals surface area contributed by atoms with Crippen molar-refractivity contribution in [3.8, 4) is 0 Å². The Bertz CT molecular complexity index is 324. The van der Waals surface area contributed by atoms with E-state index in [-0.39, 0.29) is 26.1 Å². The normalized spacial score (nSPS) is 21.3. The topological polar surface area (TPSA) is 52.6 Å². The van der Waals surface area contributed by atoms with Crippen LogP contribution < -0.4 is 0 Å². The van der Waals surface area contributed by atoms with Gasteiger partial charge in [0.25, 0.3) is 5.92 Å². The molecule has 0 amide bonds. The van der Waals surface area contributed by atoms with Gasteiger partial charge in [0.1, 0.15) is 0 Å². The minimum absolute atomic E-state index is 0.0456. The zero-order valence-electron chi connectivity index (χ0n) is 11.3. The van der Waals surface area contributed by atoms with E-state index in [0.29, 0.717) is 12.8 Å². The van der Waals surface area contributed by atoms with Crippen molar-refractivity contribution in [3.63, 3.8) is 0 Å². The first kappa shape index (κ1) is 15.9. The van der Waals surface area contributed by atoms with E-state index in [9.17, 15) is 18.4 Å². The van der Waals surface area contributed by atoms with E-state index in [1.54, 1.807) is 0 Å². The maximum absolute atomic E-state index is 14.3. The molecule has 110 valence electrons. The molecule has 1 aliphatic carbocycles. The van der Waals surface area contributed by atoms with Gasteiger partial charge in [-0.05, 0) is 26.7 Å². The van der Waals surface area contributed by atoms with Gasteiger partial charge in [-0.15, -0.1) is 0 Å². The van der Waals surface area contributed by atoms with Crippen molar-refractivity contribution in [2.24, 2.45) is 5.41 Å². The molecule has 0 spiro atoms. The molecule has 1 saturated carbocycles. The summed E-state index contributed by atoms with van der Waals surface area (Å²) in [7, 11) is 0. The predicted octanol–water partition coefficient (Wildman–Crippen LogP) is 2.70. The zero-order valence-corrected chi connectivity index (χ0v) is 11.3. The Balaban J connectivity index is 3.21. The van der Waals surface area contributed by atoms with Crippen LogP contribution in [-0.4, -0.2) is 31.1 Å². The van der Waals surface area contributed by atoms with Crippen LogP contribution in [0.4, 0.5) is 8.78 Å². The fraction of sp³-hybridized carbons (Fsp3) is 0.846. The molecule has 0 aromatic heterocycles. The molecule has 0 aromatic carbocycles. The van der Waals surface area contributed by atoms with Crippen LogP contribution in [0.1, 0.15) is 46.0 Å². The number of hydrogen-bond acceptors (Lipinski definition) is 4. The Morgan fingerprint density at radius 2 is 1.42 bits per heavy atom. The second-order valence-electron chi connectivity index (χ2n) is 4.61. The van der Waals surface area contributed by atoms with Crippen molar-refractivity contribution in [1.29, 1.82) is 0 Å². The van der Waals surface area contributed by atoms with Gasteiger partial charge in [-0.1, -0.05) is 12.8 Å². The summed E-state index contributed by atoms with van der Waals surface area (Å²) in [4.78, 5) is 24.0. The SMILES string of the molecule is CCOC(=O)C1(C(=O)OCC)CCCCCC1(F)F. The number of ether oxygens (including phenoxy) is 2. The summed E-state index contributed by atoms with van der Waals surface area (Å²) in [6.07, 6.45) is 0.513. The molecule has 0 saturated heterocycles. The Labute approximate surface area is 111 Å². The predicted molar refractivity (Wildman–Crippen MR) is 63.7 cm³/mol. The van der Waals surface area contributed by atoms with Crippen molar-refractivity contribution < 1.29 is 27.8 Å². The maximum atomic E-state index is 14.3. The van der Waals surface area contributed by atoms with Crippen LogP contribution in [0, 0.1) is 5.41 Å². The molecule has 0 unspecified atom stereocenters. The first-order valence-corrected chi connectivity index (χ1v) is 6.64. The van der Waals surface area contributed by atoms with Gasteiger partial charge in [0.15, 0.2) is 0 Å². The number of carbonyl (C=O) groups is 2. The van der Waals surface area contributed by atoms with Crippen LogP contribution in [0.25, 0.3) is 0 Å². The number of halogens is 2. The molecule has 0 heterocycles. The molecular weight excluding hydrogens is 258 g/mol. The molecule has 0 N–H and O–H groups in total. The number of rotatable bonds is 4. The van der Waals surface area contributed by atoms with Crippen molar-refractivity contribution in [2.45, 2.75) is 51.9 Å². The zero-order chi connectivity index (χ0) is 14.5. The van der Waals surface area contributed by atoms with Crippen molar-refractivity contribution in [3.05, 3.63) is 0 Å². The molecule has 0 aliphatic heterocycles. The molecule has 0 radical (unpaired) electrons. The van der Waals surface area contributed by atoms with Gasteiger partial charge in [-0.25, -0.2) is 8.78 Å². The Morgan fingerprint density at radius 1 is 0.947 bits per heavy atom. The highest BCUT2D eigenvalue weighted by Gasteiger charge is 2.66. The Hall–Kier alpha value is -1.20. The van der Waals surface area contributed by atoms with E-state index < -0.39 is 29.7 Å². The lowest BCUT2D eigenvalue weighted by Crippen LogP contribution is -2.54. The summed E-state index contributed by atoms with van der Waals surface area (Å²) in [5.74, 6) is -5.76. The molecule has 4 nitrogen and oxygen atoms in total. The summed E-state index contributed by atoms with van der Waals surface area (Å²) in [5.41, 5.74) is -2.48. The molecule has 6 heteroatoms. The summed E-state index contributed by atoms with van der Waals surface area (Å²) < 4.78 is 38.1. The van der Waals surface area contributed by atoms with E-state index in [0.717, 1.165) is 0 Å². The van der Waals surface area contributed by atoms with Crippen LogP contribution in [0.2, 0.25) is 0 Å². The van der Waals surface area contributed by atoms with Crippen LogP contribution in [-0.2, 0) is 19.1 Å². The van der Waals surface area contributed by atoms with Gasteiger partial charge >= 0.3 is 11.9 Å². The maximum Gasteiger partial charge on any atom is 0.329 e. The van der Waals surface area contributed by atoms with Gasteiger partial charge in [-0.3, -0.25) is 9.59 Å². The van der Waals surface area contributed by atoms with Gasteiger partial charge in [0.05, 0.1) is 13.2 Å². The van der Waals surface area contributed by atoms with Crippen LogP contribution >= 0.6 is 0 Å². The minimum atomic E-state index is -3.43. The first-order chi connectivity index (χ1) is 8.92. The van der Waals surface area contributed by atoms with Crippen molar-refractivity contribution in [1.82, 2.24) is 0 Å². The van der Waals surface area contributed by atoms with Crippen LogP contribution in [0.3, 0.4) is 0 Å². The van der Waals surface area contributed by atoms with Gasteiger partial charge < -0.3 is 9.47 Å². The van der Waals surface area contributed by atoms with Crippen LogP contribution in [0.5, 0.6) is 0 Å². The van der Waals surface area contributed by atoms with Crippen molar-refractivity contribution >= 4 is 11.9 Å². The third-order valence-electron chi connectivity index (χ3n) is 3.41. The Kier molecular flexibility index (Phi) is 5.26. The van der Waals surface area contributed by atoms with E-state index in [2.05, 4.69) is 0 Å². The number of alkyl halides is 2. The quantitative estimate of drug-likeness (QED) is 0.451. The van der Waals surface area contributed by atoms with E-state index in [1.165, 1.54) is 13.8 Å². The van der Waals surface area contributed by atoms with Crippen LogP contribution in [0.15, 0.2) is 0 Å². The third kappa shape index (κ3) is 2.87. The molecule has 0 bridgehead atoms. The summed E-state index contributed by atoms with van der Waals surface area (Å²) in [6.45, 7) is 2.95. The average Bonchev–Trinajstić information content (AvgIpc) is 2.48. The average molecular weight is 278 g/mol. The lowest BCUT2D eigenvalue weighted by molar-refractivity contribution is -0.203. The van der Waals surface area contributed by atoms with Gasteiger partial charge in [0.2, 0.25) is 5.41 Å². The molecule has 1 aliphatic rings. The highest BCUT2D eigenvalue weighted by molar-refractivity contribution is 6.01. The molecule has 19 heavy (non-hydrogen) atoms. The second-order valence-corrected chi connectivity index (χ2v) is 4.61. The minimum Gasteiger partial charge on any atom is -0.465 e. The van der Waals surface area contributed by atoms with Crippen molar-refractivity contribution in [2.75, 3.05) is 13.2 Å². The third-order valence-corrected chi connectivity index (χ3v) is 3.41. The largest absolute Gasteiger partial charge is 0.465 e. The number of carbonyl (C=O) groups excluding carboxylic acids is 2. The highest BCUT2D eigenvalue weighted by Crippen LogP contribution is 2.48. The fourth-order valence-electron chi connectivity index (χ4n) is 2.40. The lowest BCUT2D eigenvalue weighted by Gasteiger charge is -2.34. The molecule has 0 aromatic rings. The first-order valence-electron chi connectivity index (χ1n) is 6.64. The molecule has 1 fully saturated rings. The number of hydrogen-bond donors (Lipinski definition) is 0. The van der Waals surface area contributed by atoms with E-state index >= 15 is 0 Å².